The van der Waals surface area contributed by atoms with E-state index in [9.17, 15) is 4.79 Å². The van der Waals surface area contributed by atoms with Gasteiger partial charge in [-0.15, -0.1) is 11.3 Å². The van der Waals surface area contributed by atoms with Gasteiger partial charge in [0.15, 0.2) is 5.11 Å². The predicted octanol–water partition coefficient (Wildman–Crippen LogP) is 3.26. The molecule has 2 heterocycles. The number of methoxy groups -OCH3 is 1. The summed E-state index contributed by atoms with van der Waals surface area (Å²) in [5.41, 5.74) is 3.22. The number of carbonyl (C=O) groups is 1. The molecule has 0 spiro atoms. The first-order valence-corrected chi connectivity index (χ1v) is 8.39. The van der Waals surface area contributed by atoms with Gasteiger partial charge in [0.25, 0.3) is 0 Å². The number of aryl methyl sites for hydroxylation is 3. The van der Waals surface area contributed by atoms with E-state index in [-0.39, 0.29) is 5.97 Å². The molecule has 124 valence electrons. The summed E-state index contributed by atoms with van der Waals surface area (Å²) in [7, 11) is 3.25. The number of ether oxygens (including phenoxy) is 1. The van der Waals surface area contributed by atoms with Crippen LogP contribution in [0.2, 0.25) is 0 Å². The van der Waals surface area contributed by atoms with Crippen LogP contribution >= 0.6 is 23.6 Å². The van der Waals surface area contributed by atoms with E-state index in [4.69, 9.17) is 17.0 Å². The van der Waals surface area contributed by atoms with Crippen LogP contribution in [0.15, 0.2) is 6.07 Å². The molecular formula is C15H20N4O2S2. The standard InChI is InChI=1S/C15H20N4O2S2/c1-6-10-7-11(14(20)21-5)13(23-10)17-15(22)16-12-8(2)18-19(4)9(12)3/h7H,6H2,1-5H3,(H2,16,17,22). The molecule has 0 bridgehead atoms. The summed E-state index contributed by atoms with van der Waals surface area (Å²) < 4.78 is 6.62. The Hall–Kier alpha value is -1.93. The molecule has 0 aliphatic carbocycles. The van der Waals surface area contributed by atoms with E-state index in [1.165, 1.54) is 18.4 Å². The monoisotopic (exact) mass is 352 g/mol. The molecule has 0 saturated carbocycles. The van der Waals surface area contributed by atoms with Crippen LogP contribution in [0.5, 0.6) is 0 Å². The van der Waals surface area contributed by atoms with Crippen LogP contribution in [0.4, 0.5) is 10.7 Å². The first kappa shape index (κ1) is 17.4. The topological polar surface area (TPSA) is 68.2 Å². The molecule has 23 heavy (non-hydrogen) atoms. The SMILES string of the molecule is CCc1cc(C(=O)OC)c(NC(=S)Nc2c(C)nn(C)c2C)s1. The first-order valence-electron chi connectivity index (χ1n) is 7.16. The molecule has 6 nitrogen and oxygen atoms in total. The molecule has 8 heteroatoms. The Balaban J connectivity index is 2.20. The second kappa shape index (κ2) is 7.10. The maximum absolute atomic E-state index is 11.9. The Labute approximate surface area is 144 Å². The second-order valence-electron chi connectivity index (χ2n) is 5.05. The minimum atomic E-state index is -0.375. The lowest BCUT2D eigenvalue weighted by atomic mass is 10.2. The molecule has 2 aromatic heterocycles. The van der Waals surface area contributed by atoms with Crippen molar-refractivity contribution < 1.29 is 9.53 Å². The second-order valence-corrected chi connectivity index (χ2v) is 6.59. The summed E-state index contributed by atoms with van der Waals surface area (Å²) in [6.07, 6.45) is 0.845. The molecule has 0 fully saturated rings. The lowest BCUT2D eigenvalue weighted by Gasteiger charge is -2.10. The lowest BCUT2D eigenvalue weighted by Crippen LogP contribution is -2.20. The molecule has 0 aliphatic rings. The summed E-state index contributed by atoms with van der Waals surface area (Å²) in [4.78, 5) is 13.0. The van der Waals surface area contributed by atoms with Gasteiger partial charge in [-0.2, -0.15) is 5.10 Å². The molecule has 2 rings (SSSR count). The molecule has 0 amide bonds. The van der Waals surface area contributed by atoms with E-state index >= 15 is 0 Å². The number of nitrogens with zero attached hydrogens (tertiary/aromatic N) is 2. The van der Waals surface area contributed by atoms with Crippen LogP contribution in [-0.2, 0) is 18.2 Å². The zero-order chi connectivity index (χ0) is 17.1. The van der Waals surface area contributed by atoms with Gasteiger partial charge in [-0.05, 0) is 38.6 Å². The largest absolute Gasteiger partial charge is 0.465 e. The van der Waals surface area contributed by atoms with Gasteiger partial charge < -0.3 is 15.4 Å². The van der Waals surface area contributed by atoms with E-state index in [2.05, 4.69) is 15.7 Å². The quantitative estimate of drug-likeness (QED) is 0.650. The minimum Gasteiger partial charge on any atom is -0.465 e. The molecule has 2 N–H and O–H groups in total. The van der Waals surface area contributed by atoms with Gasteiger partial charge in [-0.3, -0.25) is 4.68 Å². The predicted molar refractivity (Wildman–Crippen MR) is 97.6 cm³/mol. The summed E-state index contributed by atoms with van der Waals surface area (Å²) >= 11 is 6.87. The van der Waals surface area contributed by atoms with Crippen molar-refractivity contribution in [1.29, 1.82) is 0 Å². The fraction of sp³-hybridized carbons (Fsp3) is 0.400. The first-order chi connectivity index (χ1) is 10.9. The highest BCUT2D eigenvalue weighted by atomic mass is 32.1. The van der Waals surface area contributed by atoms with Gasteiger partial charge in [-0.25, -0.2) is 4.79 Å². The normalized spacial score (nSPS) is 10.5. The number of thiophene rings is 1. The summed E-state index contributed by atoms with van der Waals surface area (Å²) in [6.45, 7) is 5.92. The molecule has 0 saturated heterocycles. The lowest BCUT2D eigenvalue weighted by molar-refractivity contribution is 0.0602. The fourth-order valence-corrected chi connectivity index (χ4v) is 3.43. The summed E-state index contributed by atoms with van der Waals surface area (Å²) in [5, 5.41) is 11.7. The third-order valence-electron chi connectivity index (χ3n) is 3.51. The van der Waals surface area contributed by atoms with Crippen molar-refractivity contribution >= 4 is 45.3 Å². The molecule has 0 aliphatic heterocycles. The maximum Gasteiger partial charge on any atom is 0.340 e. The number of thiocarbonyl (C=S) groups is 1. The number of esters is 1. The van der Waals surface area contributed by atoms with Gasteiger partial charge in [0.2, 0.25) is 0 Å². The number of carbonyl (C=O) groups excluding carboxylic acids is 1. The number of nitrogens with one attached hydrogen (secondary N) is 2. The van der Waals surface area contributed by atoms with Gasteiger partial charge in [0.05, 0.1) is 29.7 Å². The molecule has 2 aromatic rings. The van der Waals surface area contributed by atoms with E-state index in [1.807, 2.05) is 33.9 Å². The van der Waals surface area contributed by atoms with Crippen molar-refractivity contribution in [2.75, 3.05) is 17.7 Å². The van der Waals surface area contributed by atoms with Gasteiger partial charge in [-0.1, -0.05) is 6.92 Å². The highest BCUT2D eigenvalue weighted by molar-refractivity contribution is 7.80. The Kier molecular flexibility index (Phi) is 5.38. The van der Waals surface area contributed by atoms with Crippen molar-refractivity contribution in [3.8, 4) is 0 Å². The zero-order valence-corrected chi connectivity index (χ0v) is 15.4. The molecule has 0 unspecified atom stereocenters. The summed E-state index contributed by atoms with van der Waals surface area (Å²) in [5.74, 6) is -0.375. The van der Waals surface area contributed by atoms with E-state index in [1.54, 1.807) is 4.68 Å². The van der Waals surface area contributed by atoms with E-state index in [0.717, 1.165) is 28.4 Å². The van der Waals surface area contributed by atoms with Crippen molar-refractivity contribution in [2.45, 2.75) is 27.2 Å². The van der Waals surface area contributed by atoms with Crippen LogP contribution in [0.1, 0.15) is 33.5 Å². The zero-order valence-electron chi connectivity index (χ0n) is 13.8. The van der Waals surface area contributed by atoms with Crippen molar-refractivity contribution in [2.24, 2.45) is 7.05 Å². The van der Waals surface area contributed by atoms with Crippen molar-refractivity contribution in [3.05, 3.63) is 27.9 Å². The Bertz CT molecular complexity index is 749. The third-order valence-corrected chi connectivity index (χ3v) is 4.91. The summed E-state index contributed by atoms with van der Waals surface area (Å²) in [6, 6.07) is 1.84. The van der Waals surface area contributed by atoms with Gasteiger partial charge in [0, 0.05) is 11.9 Å². The molecule has 0 radical (unpaired) electrons. The number of hydrogen-bond donors (Lipinski definition) is 2. The van der Waals surface area contributed by atoms with Gasteiger partial charge >= 0.3 is 5.97 Å². The van der Waals surface area contributed by atoms with Crippen LogP contribution < -0.4 is 10.6 Å². The van der Waals surface area contributed by atoms with Crippen molar-refractivity contribution in [3.63, 3.8) is 0 Å². The molecule has 0 atom stereocenters. The van der Waals surface area contributed by atoms with Crippen LogP contribution in [0.25, 0.3) is 0 Å². The minimum absolute atomic E-state index is 0.375. The number of anilines is 2. The highest BCUT2D eigenvalue weighted by Gasteiger charge is 2.18. The van der Waals surface area contributed by atoms with Crippen LogP contribution in [0.3, 0.4) is 0 Å². The Morgan fingerprint density at radius 2 is 2.13 bits per heavy atom. The number of aromatic nitrogens is 2. The maximum atomic E-state index is 11.9. The fourth-order valence-electron chi connectivity index (χ4n) is 2.17. The third kappa shape index (κ3) is 3.70. The number of hydrogen-bond acceptors (Lipinski definition) is 5. The molecule has 0 aromatic carbocycles. The average Bonchev–Trinajstić information content (AvgIpc) is 3.02. The Morgan fingerprint density at radius 3 is 2.65 bits per heavy atom. The van der Waals surface area contributed by atoms with Gasteiger partial charge in [0.1, 0.15) is 5.00 Å². The van der Waals surface area contributed by atoms with E-state index < -0.39 is 0 Å². The molecular weight excluding hydrogens is 332 g/mol. The smallest absolute Gasteiger partial charge is 0.340 e. The van der Waals surface area contributed by atoms with Crippen LogP contribution in [0, 0.1) is 13.8 Å². The highest BCUT2D eigenvalue weighted by Crippen LogP contribution is 2.29. The van der Waals surface area contributed by atoms with Crippen molar-refractivity contribution in [1.82, 2.24) is 9.78 Å². The van der Waals surface area contributed by atoms with E-state index in [0.29, 0.717) is 15.7 Å². The average molecular weight is 352 g/mol. The Morgan fingerprint density at radius 1 is 1.43 bits per heavy atom. The number of rotatable bonds is 4. The van der Waals surface area contributed by atoms with Crippen LogP contribution in [-0.4, -0.2) is 28.0 Å².